The van der Waals surface area contributed by atoms with Gasteiger partial charge in [-0.25, -0.2) is 0 Å². The van der Waals surface area contributed by atoms with Gasteiger partial charge >= 0.3 is 0 Å². The van der Waals surface area contributed by atoms with Crippen LogP contribution in [-0.4, -0.2) is 50.6 Å². The van der Waals surface area contributed by atoms with Crippen LogP contribution in [0, 0.1) is 0 Å². The van der Waals surface area contributed by atoms with Crippen molar-refractivity contribution in [2.24, 2.45) is 0 Å². The van der Waals surface area contributed by atoms with Crippen LogP contribution in [0.25, 0.3) is 0 Å². The molecule has 0 spiro atoms. The lowest BCUT2D eigenvalue weighted by atomic mass is 10.0. The largest absolute Gasteiger partial charge is 0.349 e. The zero-order chi connectivity index (χ0) is 14.4. The van der Waals surface area contributed by atoms with Crippen LogP contribution in [-0.2, 0) is 6.42 Å². The highest BCUT2D eigenvalue weighted by Crippen LogP contribution is 2.12. The fourth-order valence-electron chi connectivity index (χ4n) is 2.64. The van der Waals surface area contributed by atoms with E-state index in [1.807, 2.05) is 31.3 Å². The number of hydrogen-bond acceptors (Lipinski definition) is 3. The molecular formula is C16H25N3O. The molecule has 0 atom stereocenters. The third kappa shape index (κ3) is 4.05. The third-order valence-corrected chi connectivity index (χ3v) is 3.96. The molecule has 2 rings (SSSR count). The number of hydrogen-bond donors (Lipinski definition) is 2. The summed E-state index contributed by atoms with van der Waals surface area (Å²) in [7, 11) is 4.06. The number of piperidine rings is 1. The van der Waals surface area contributed by atoms with Gasteiger partial charge in [0.15, 0.2) is 0 Å². The number of carbonyl (C=O) groups excluding carboxylic acids is 1. The van der Waals surface area contributed by atoms with Crippen molar-refractivity contribution >= 4 is 5.91 Å². The van der Waals surface area contributed by atoms with E-state index in [1.165, 1.54) is 0 Å². The van der Waals surface area contributed by atoms with E-state index in [9.17, 15) is 4.79 Å². The quantitative estimate of drug-likeness (QED) is 0.850. The van der Waals surface area contributed by atoms with Crippen molar-refractivity contribution in [2.75, 3.05) is 33.7 Å². The summed E-state index contributed by atoms with van der Waals surface area (Å²) in [4.78, 5) is 14.7. The van der Waals surface area contributed by atoms with E-state index in [0.717, 1.165) is 50.0 Å². The number of nitrogens with one attached hydrogen (secondary N) is 2. The van der Waals surface area contributed by atoms with Crippen molar-refractivity contribution in [1.82, 2.24) is 15.5 Å². The second-order valence-corrected chi connectivity index (χ2v) is 5.56. The molecule has 0 radical (unpaired) electrons. The summed E-state index contributed by atoms with van der Waals surface area (Å²) in [5, 5.41) is 6.32. The van der Waals surface area contributed by atoms with Gasteiger partial charge < -0.3 is 15.5 Å². The Hall–Kier alpha value is -1.39. The van der Waals surface area contributed by atoms with E-state index >= 15 is 0 Å². The molecule has 110 valence electrons. The molecule has 0 aromatic heterocycles. The maximum Gasteiger partial charge on any atom is 0.251 e. The molecule has 4 heteroatoms. The van der Waals surface area contributed by atoms with Gasteiger partial charge in [0.1, 0.15) is 0 Å². The van der Waals surface area contributed by atoms with E-state index in [4.69, 9.17) is 0 Å². The minimum absolute atomic E-state index is 0.0752. The van der Waals surface area contributed by atoms with Gasteiger partial charge in [-0.15, -0.1) is 0 Å². The Labute approximate surface area is 121 Å². The molecule has 0 bridgehead atoms. The molecule has 20 heavy (non-hydrogen) atoms. The van der Waals surface area contributed by atoms with Crippen molar-refractivity contribution in [3.05, 3.63) is 35.4 Å². The first-order valence-corrected chi connectivity index (χ1v) is 7.42. The fourth-order valence-corrected chi connectivity index (χ4v) is 2.64. The van der Waals surface area contributed by atoms with E-state index in [-0.39, 0.29) is 5.91 Å². The smallest absolute Gasteiger partial charge is 0.251 e. The first-order chi connectivity index (χ1) is 9.70. The molecule has 4 nitrogen and oxygen atoms in total. The Morgan fingerprint density at radius 1 is 1.30 bits per heavy atom. The highest BCUT2D eigenvalue weighted by molar-refractivity contribution is 5.95. The van der Waals surface area contributed by atoms with Crippen LogP contribution in [0.1, 0.15) is 28.8 Å². The summed E-state index contributed by atoms with van der Waals surface area (Å²) >= 11 is 0. The molecular weight excluding hydrogens is 250 g/mol. The van der Waals surface area contributed by atoms with Gasteiger partial charge in [-0.05, 0) is 64.6 Å². The average molecular weight is 275 g/mol. The lowest BCUT2D eigenvalue weighted by molar-refractivity contribution is 0.0916. The van der Waals surface area contributed by atoms with Gasteiger partial charge in [-0.2, -0.15) is 0 Å². The molecule has 1 aliphatic rings. The van der Waals surface area contributed by atoms with Crippen LogP contribution in [0.5, 0.6) is 0 Å². The monoisotopic (exact) mass is 275 g/mol. The Kier molecular flexibility index (Phi) is 5.56. The van der Waals surface area contributed by atoms with E-state index in [1.54, 1.807) is 0 Å². The Bertz CT molecular complexity index is 439. The Balaban J connectivity index is 1.98. The summed E-state index contributed by atoms with van der Waals surface area (Å²) in [5.41, 5.74) is 1.94. The summed E-state index contributed by atoms with van der Waals surface area (Å²) in [6.07, 6.45) is 2.97. The molecule has 0 saturated carbocycles. The van der Waals surface area contributed by atoms with E-state index in [2.05, 4.69) is 22.6 Å². The molecule has 1 aliphatic heterocycles. The predicted molar refractivity (Wildman–Crippen MR) is 82.1 cm³/mol. The average Bonchev–Trinajstić information content (AvgIpc) is 2.47. The predicted octanol–water partition coefficient (Wildman–Crippen LogP) is 1.27. The van der Waals surface area contributed by atoms with Gasteiger partial charge in [0, 0.05) is 11.6 Å². The van der Waals surface area contributed by atoms with Crippen LogP contribution < -0.4 is 10.6 Å². The van der Waals surface area contributed by atoms with E-state index < -0.39 is 0 Å². The lowest BCUT2D eigenvalue weighted by Gasteiger charge is -2.29. The molecule has 1 fully saturated rings. The Morgan fingerprint density at radius 2 is 2.00 bits per heavy atom. The number of likely N-dealkylation sites (N-methyl/N-ethyl adjacent to an activating group) is 1. The van der Waals surface area contributed by atoms with Crippen molar-refractivity contribution < 1.29 is 4.79 Å². The molecule has 1 aromatic rings. The topological polar surface area (TPSA) is 44.4 Å². The zero-order valence-electron chi connectivity index (χ0n) is 12.5. The first kappa shape index (κ1) is 15.0. The number of rotatable bonds is 5. The summed E-state index contributed by atoms with van der Waals surface area (Å²) < 4.78 is 0. The van der Waals surface area contributed by atoms with Crippen molar-refractivity contribution in [1.29, 1.82) is 0 Å². The third-order valence-electron chi connectivity index (χ3n) is 3.96. The van der Waals surface area contributed by atoms with Gasteiger partial charge in [-0.3, -0.25) is 4.79 Å². The molecule has 0 aliphatic carbocycles. The summed E-state index contributed by atoms with van der Waals surface area (Å²) in [6, 6.07) is 8.22. The SMILES string of the molecule is CNCCc1ccccc1C(=O)NC1CCN(C)CC1. The number of benzene rings is 1. The highest BCUT2D eigenvalue weighted by atomic mass is 16.1. The minimum Gasteiger partial charge on any atom is -0.349 e. The molecule has 1 aromatic carbocycles. The maximum atomic E-state index is 12.4. The number of carbonyl (C=O) groups is 1. The molecule has 1 amide bonds. The maximum absolute atomic E-state index is 12.4. The Morgan fingerprint density at radius 3 is 2.70 bits per heavy atom. The van der Waals surface area contributed by atoms with Gasteiger partial charge in [0.05, 0.1) is 0 Å². The second-order valence-electron chi connectivity index (χ2n) is 5.56. The highest BCUT2D eigenvalue weighted by Gasteiger charge is 2.20. The van der Waals surface area contributed by atoms with Crippen LogP contribution in [0.15, 0.2) is 24.3 Å². The standard InChI is InChI=1S/C16H25N3O/c1-17-10-7-13-5-3-4-6-15(13)16(20)18-14-8-11-19(2)12-9-14/h3-6,14,17H,7-12H2,1-2H3,(H,18,20). The second kappa shape index (κ2) is 7.41. The first-order valence-electron chi connectivity index (χ1n) is 7.42. The number of amides is 1. The van der Waals surface area contributed by atoms with Crippen molar-refractivity contribution in [2.45, 2.75) is 25.3 Å². The fraction of sp³-hybridized carbons (Fsp3) is 0.562. The van der Waals surface area contributed by atoms with Gasteiger partial charge in [-0.1, -0.05) is 18.2 Å². The van der Waals surface area contributed by atoms with Crippen LogP contribution in [0.2, 0.25) is 0 Å². The summed E-state index contributed by atoms with van der Waals surface area (Å²) in [6.45, 7) is 3.01. The van der Waals surface area contributed by atoms with Gasteiger partial charge in [0.25, 0.3) is 5.91 Å². The molecule has 1 saturated heterocycles. The minimum atomic E-state index is 0.0752. The normalized spacial score (nSPS) is 17.1. The van der Waals surface area contributed by atoms with Gasteiger partial charge in [0.2, 0.25) is 0 Å². The number of likely N-dealkylation sites (tertiary alicyclic amines) is 1. The molecule has 0 unspecified atom stereocenters. The lowest BCUT2D eigenvalue weighted by Crippen LogP contribution is -2.43. The zero-order valence-corrected chi connectivity index (χ0v) is 12.5. The summed E-state index contributed by atoms with van der Waals surface area (Å²) in [5.74, 6) is 0.0752. The number of nitrogens with zero attached hydrogens (tertiary/aromatic N) is 1. The molecule has 2 N–H and O–H groups in total. The van der Waals surface area contributed by atoms with E-state index in [0.29, 0.717) is 6.04 Å². The van der Waals surface area contributed by atoms with Crippen LogP contribution >= 0.6 is 0 Å². The molecule has 1 heterocycles. The van der Waals surface area contributed by atoms with Crippen LogP contribution in [0.3, 0.4) is 0 Å². The van der Waals surface area contributed by atoms with Crippen molar-refractivity contribution in [3.8, 4) is 0 Å². The van der Waals surface area contributed by atoms with Crippen LogP contribution in [0.4, 0.5) is 0 Å². The van der Waals surface area contributed by atoms with Crippen molar-refractivity contribution in [3.63, 3.8) is 0 Å².